The van der Waals surface area contributed by atoms with Gasteiger partial charge in [0, 0.05) is 0 Å². The van der Waals surface area contributed by atoms with E-state index in [1.807, 2.05) is 0 Å². The van der Waals surface area contributed by atoms with Crippen LogP contribution in [0.15, 0.2) is 0 Å². The molecule has 6 heteroatoms. The van der Waals surface area contributed by atoms with Crippen LogP contribution in [0.5, 0.6) is 0 Å². The summed E-state index contributed by atoms with van der Waals surface area (Å²) < 4.78 is 35.3. The fourth-order valence-corrected chi connectivity index (χ4v) is 3.14. The molecule has 0 aromatic rings. The van der Waals surface area contributed by atoms with E-state index >= 15 is 0 Å². The normalized spacial score (nSPS) is 29.9. The molecular formula is C9H20O4S2. The van der Waals surface area contributed by atoms with Crippen LogP contribution in [0.25, 0.3) is 0 Å². The van der Waals surface area contributed by atoms with Crippen molar-refractivity contribution >= 4 is 23.5 Å². The summed E-state index contributed by atoms with van der Waals surface area (Å²) in [7, 11) is 0. The Kier molecular flexibility index (Phi) is 4.97. The molecule has 0 aliphatic heterocycles. The Morgan fingerprint density at radius 1 is 1.13 bits per heavy atom. The predicted molar refractivity (Wildman–Crippen MR) is 65.2 cm³/mol. The maximum absolute atomic E-state index is 10.1. The molecule has 0 heterocycles. The van der Waals surface area contributed by atoms with Crippen LogP contribution in [0.3, 0.4) is 0 Å². The van der Waals surface area contributed by atoms with Gasteiger partial charge >= 0.3 is 0 Å². The molecule has 0 bridgehead atoms. The maximum Gasteiger partial charge on any atom is 0.110 e. The first-order chi connectivity index (χ1) is 8.77. The molecule has 0 aromatic carbocycles. The minimum atomic E-state index is -3.81. The predicted octanol–water partition coefficient (Wildman–Crippen LogP) is -0.106. The molecule has 0 aliphatic carbocycles. The van der Waals surface area contributed by atoms with Crippen LogP contribution in [0, 0.1) is 0 Å². The van der Waals surface area contributed by atoms with Crippen molar-refractivity contribution < 1.29 is 27.3 Å². The van der Waals surface area contributed by atoms with Crippen LogP contribution in [0.4, 0.5) is 0 Å². The van der Waals surface area contributed by atoms with Crippen molar-refractivity contribution in [3.8, 4) is 0 Å². The lowest BCUT2D eigenvalue weighted by atomic mass is 10.1. The number of hydrogen-bond acceptors (Lipinski definition) is 6. The third-order valence-electron chi connectivity index (χ3n) is 1.43. The van der Waals surface area contributed by atoms with Gasteiger partial charge in [0.2, 0.25) is 0 Å². The molecule has 0 fully saturated rings. The highest BCUT2D eigenvalue weighted by Crippen LogP contribution is 2.28. The summed E-state index contributed by atoms with van der Waals surface area (Å²) in [6.45, 7) is -0.271. The number of rotatable bonds is 8. The highest BCUT2D eigenvalue weighted by molar-refractivity contribution is 8.17. The van der Waals surface area contributed by atoms with E-state index in [9.17, 15) is 15.3 Å². The van der Waals surface area contributed by atoms with Gasteiger partial charge in [-0.15, -0.1) is 23.5 Å². The molecule has 0 aliphatic rings. The number of aliphatic hydroxyl groups is 4. The molecule has 0 spiro atoms. The molecule has 0 radical (unpaired) electrons. The summed E-state index contributed by atoms with van der Waals surface area (Å²) in [5.41, 5.74) is 0. The maximum atomic E-state index is 10.1. The lowest BCUT2D eigenvalue weighted by Crippen LogP contribution is -2.44. The van der Waals surface area contributed by atoms with Crippen LogP contribution < -0.4 is 0 Å². The molecule has 0 aromatic heterocycles. The highest BCUT2D eigenvalue weighted by Gasteiger charge is 2.30. The zero-order valence-corrected chi connectivity index (χ0v) is 10.2. The van der Waals surface area contributed by atoms with Crippen LogP contribution >= 0.6 is 23.5 Å². The third-order valence-corrected chi connectivity index (χ3v) is 3.97. The standard InChI is InChI=1S/C9H20O4S2/c1-3-14-9(15-4-2)8(13)7(12)6(11)5-10/h6-13H,3-5H2,1-2H3/i5D2,6D,7D,8D. The average Bonchev–Trinajstić information content (AvgIpc) is 2.26. The molecule has 3 atom stereocenters. The van der Waals surface area contributed by atoms with E-state index < -0.39 is 29.4 Å². The zero-order chi connectivity index (χ0) is 16.4. The second kappa shape index (κ2) is 8.66. The average molecular weight is 261 g/mol. The quantitative estimate of drug-likeness (QED) is 0.457. The van der Waals surface area contributed by atoms with E-state index in [4.69, 9.17) is 12.0 Å². The Hall–Kier alpha value is 0.540. The van der Waals surface area contributed by atoms with Gasteiger partial charge < -0.3 is 20.4 Å². The summed E-state index contributed by atoms with van der Waals surface area (Å²) in [5, 5.41) is 38.7. The van der Waals surface area contributed by atoms with Crippen molar-refractivity contribution in [3.05, 3.63) is 0 Å². The van der Waals surface area contributed by atoms with Crippen molar-refractivity contribution in [2.75, 3.05) is 18.1 Å². The lowest BCUT2D eigenvalue weighted by molar-refractivity contribution is -0.0706. The number of thioether (sulfide) groups is 2. The zero-order valence-electron chi connectivity index (χ0n) is 13.6. The monoisotopic (exact) mass is 261 g/mol. The summed E-state index contributed by atoms with van der Waals surface area (Å²) >= 11 is 2.02. The highest BCUT2D eigenvalue weighted by atomic mass is 32.2. The van der Waals surface area contributed by atoms with Gasteiger partial charge in [-0.25, -0.2) is 0 Å². The fourth-order valence-electron chi connectivity index (χ4n) is 0.795. The minimum Gasteiger partial charge on any atom is -0.394 e. The lowest BCUT2D eigenvalue weighted by Gasteiger charge is -2.27. The molecule has 92 valence electrons. The molecule has 15 heavy (non-hydrogen) atoms. The first-order valence-corrected chi connectivity index (χ1v) is 6.49. The van der Waals surface area contributed by atoms with Gasteiger partial charge in [-0.05, 0) is 11.5 Å². The smallest absolute Gasteiger partial charge is 0.110 e. The van der Waals surface area contributed by atoms with E-state index in [1.54, 1.807) is 13.8 Å². The third kappa shape index (κ3) is 5.42. The molecule has 4 nitrogen and oxygen atoms in total. The Morgan fingerprint density at radius 3 is 1.93 bits per heavy atom. The second-order valence-electron chi connectivity index (χ2n) is 2.44. The van der Waals surface area contributed by atoms with E-state index in [1.165, 1.54) is 0 Å². The van der Waals surface area contributed by atoms with Gasteiger partial charge in [-0.2, -0.15) is 0 Å². The Labute approximate surface area is 106 Å². The van der Waals surface area contributed by atoms with Gasteiger partial charge in [-0.3, -0.25) is 0 Å². The summed E-state index contributed by atoms with van der Waals surface area (Å²) in [6, 6.07) is 0. The molecule has 3 unspecified atom stereocenters. The Morgan fingerprint density at radius 2 is 1.60 bits per heavy atom. The Balaban J connectivity index is 5.63. The van der Waals surface area contributed by atoms with Crippen LogP contribution in [0.2, 0.25) is 0 Å². The molecule has 0 rings (SSSR count). The Bertz CT molecular complexity index is 316. The van der Waals surface area contributed by atoms with Gasteiger partial charge in [0.05, 0.1) is 18.0 Å². The molecule has 0 amide bonds. The first-order valence-electron chi connectivity index (χ1n) is 6.90. The van der Waals surface area contributed by atoms with Crippen molar-refractivity contribution in [2.24, 2.45) is 0 Å². The van der Waals surface area contributed by atoms with Gasteiger partial charge in [0.25, 0.3) is 0 Å². The van der Waals surface area contributed by atoms with E-state index in [0.717, 1.165) is 23.5 Å². The van der Waals surface area contributed by atoms with Crippen molar-refractivity contribution in [2.45, 2.75) is 36.7 Å². The summed E-state index contributed by atoms with van der Waals surface area (Å²) in [4.78, 5) is 0. The van der Waals surface area contributed by atoms with Crippen molar-refractivity contribution in [3.63, 3.8) is 0 Å². The molecular weight excluding hydrogens is 236 g/mol. The van der Waals surface area contributed by atoms with Crippen LogP contribution in [-0.4, -0.2) is 61.3 Å². The van der Waals surface area contributed by atoms with E-state index in [0.29, 0.717) is 11.5 Å². The molecule has 4 N–H and O–H groups in total. The largest absolute Gasteiger partial charge is 0.394 e. The second-order valence-corrected chi connectivity index (χ2v) is 5.50. The van der Waals surface area contributed by atoms with Crippen LogP contribution in [-0.2, 0) is 0 Å². The summed E-state index contributed by atoms with van der Waals surface area (Å²) in [5.74, 6) is 0.856. The summed E-state index contributed by atoms with van der Waals surface area (Å²) in [6.07, 6.45) is -10.6. The molecule has 0 saturated heterocycles. The SMILES string of the molecule is [2H]C([2H])(O)C([2H])(O)C([2H])(O)C([2H])(O)C(SCC)SCC. The fraction of sp³-hybridized carbons (Fsp3) is 1.00. The minimum absolute atomic E-state index is 0.428. The van der Waals surface area contributed by atoms with Crippen molar-refractivity contribution in [1.82, 2.24) is 0 Å². The van der Waals surface area contributed by atoms with E-state index in [-0.39, 0.29) is 0 Å². The van der Waals surface area contributed by atoms with Gasteiger partial charge in [-0.1, -0.05) is 13.8 Å². The topological polar surface area (TPSA) is 80.9 Å². The van der Waals surface area contributed by atoms with Crippen molar-refractivity contribution in [1.29, 1.82) is 0 Å². The van der Waals surface area contributed by atoms with Gasteiger partial charge in [0.15, 0.2) is 0 Å². The number of hydrogen-bond donors (Lipinski definition) is 4. The molecule has 0 saturated carbocycles. The van der Waals surface area contributed by atoms with Gasteiger partial charge in [0.1, 0.15) is 18.2 Å². The first kappa shape index (κ1) is 8.60. The van der Waals surface area contributed by atoms with Crippen LogP contribution in [0.1, 0.15) is 20.7 Å². The van der Waals surface area contributed by atoms with E-state index in [2.05, 4.69) is 0 Å².